The van der Waals surface area contributed by atoms with Crippen molar-refractivity contribution in [3.05, 3.63) is 23.2 Å². The zero-order valence-electron chi connectivity index (χ0n) is 12.6. The summed E-state index contributed by atoms with van der Waals surface area (Å²) in [6.07, 6.45) is 4.30. The van der Waals surface area contributed by atoms with Crippen LogP contribution in [-0.4, -0.2) is 30.4 Å². The number of rotatable bonds is 6. The van der Waals surface area contributed by atoms with Gasteiger partial charge in [0.2, 0.25) is 5.91 Å². The number of carbonyl (C=O) groups excluding carboxylic acids is 1. The summed E-state index contributed by atoms with van der Waals surface area (Å²) in [7, 11) is 0. The summed E-state index contributed by atoms with van der Waals surface area (Å²) >= 11 is 6.05. The monoisotopic (exact) mass is 309 g/mol. The first-order chi connectivity index (χ1) is 10.1. The molecule has 1 atom stereocenters. The molecule has 5 heteroatoms. The molecule has 1 saturated heterocycles. The summed E-state index contributed by atoms with van der Waals surface area (Å²) in [6, 6.07) is 5.12. The van der Waals surface area contributed by atoms with Crippen molar-refractivity contribution in [2.24, 2.45) is 5.92 Å². The Morgan fingerprint density at radius 2 is 2.33 bits per heavy atom. The molecule has 4 nitrogen and oxygen atoms in total. The standard InChI is InChI=1S/C16H24ClN3O/c1-2-3-12-6-8-20(11-12)9-7-16(21)19-15-5-4-13(18)10-14(15)17/h4-5,10,12H,2-3,6-9,11,18H2,1H3,(H,19,21). The molecule has 1 heterocycles. The van der Waals surface area contributed by atoms with Gasteiger partial charge in [-0.1, -0.05) is 24.9 Å². The molecule has 1 aliphatic heterocycles. The Morgan fingerprint density at radius 3 is 3.05 bits per heavy atom. The lowest BCUT2D eigenvalue weighted by atomic mass is 10.0. The van der Waals surface area contributed by atoms with E-state index in [4.69, 9.17) is 17.3 Å². The molecule has 1 fully saturated rings. The van der Waals surface area contributed by atoms with E-state index < -0.39 is 0 Å². The summed E-state index contributed by atoms with van der Waals surface area (Å²) in [6.45, 7) is 5.29. The molecule has 0 radical (unpaired) electrons. The van der Waals surface area contributed by atoms with Crippen molar-refractivity contribution >= 4 is 28.9 Å². The van der Waals surface area contributed by atoms with Crippen molar-refractivity contribution in [2.45, 2.75) is 32.6 Å². The highest BCUT2D eigenvalue weighted by molar-refractivity contribution is 6.34. The average molecular weight is 310 g/mol. The highest BCUT2D eigenvalue weighted by atomic mass is 35.5. The van der Waals surface area contributed by atoms with E-state index in [1.54, 1.807) is 18.2 Å². The molecule has 1 aliphatic rings. The minimum atomic E-state index is 0.000568. The lowest BCUT2D eigenvalue weighted by molar-refractivity contribution is -0.116. The highest BCUT2D eigenvalue weighted by Crippen LogP contribution is 2.24. The first-order valence-corrected chi connectivity index (χ1v) is 8.03. The van der Waals surface area contributed by atoms with Gasteiger partial charge < -0.3 is 16.0 Å². The van der Waals surface area contributed by atoms with E-state index in [1.165, 1.54) is 19.3 Å². The molecule has 0 aliphatic carbocycles. The van der Waals surface area contributed by atoms with E-state index in [2.05, 4.69) is 17.1 Å². The average Bonchev–Trinajstić information content (AvgIpc) is 2.88. The van der Waals surface area contributed by atoms with E-state index in [9.17, 15) is 4.79 Å². The fourth-order valence-electron chi connectivity index (χ4n) is 2.86. The maximum atomic E-state index is 12.0. The summed E-state index contributed by atoms with van der Waals surface area (Å²) in [5.74, 6) is 0.810. The smallest absolute Gasteiger partial charge is 0.225 e. The van der Waals surface area contributed by atoms with Crippen molar-refractivity contribution in [3.8, 4) is 0 Å². The van der Waals surface area contributed by atoms with Crippen LogP contribution < -0.4 is 11.1 Å². The topological polar surface area (TPSA) is 58.4 Å². The van der Waals surface area contributed by atoms with Crippen LogP contribution in [0.5, 0.6) is 0 Å². The summed E-state index contributed by atoms with van der Waals surface area (Å²) in [4.78, 5) is 14.4. The van der Waals surface area contributed by atoms with Crippen molar-refractivity contribution in [3.63, 3.8) is 0 Å². The van der Waals surface area contributed by atoms with Gasteiger partial charge in [-0.05, 0) is 43.5 Å². The van der Waals surface area contributed by atoms with Crippen LogP contribution in [0.3, 0.4) is 0 Å². The van der Waals surface area contributed by atoms with Gasteiger partial charge in [-0.3, -0.25) is 4.79 Å². The molecule has 3 N–H and O–H groups in total. The lowest BCUT2D eigenvalue weighted by Crippen LogP contribution is -2.26. The number of hydrogen-bond donors (Lipinski definition) is 2. The molecule has 0 spiro atoms. The molecule has 21 heavy (non-hydrogen) atoms. The van der Waals surface area contributed by atoms with Gasteiger partial charge in [-0.2, -0.15) is 0 Å². The molecule has 1 aromatic rings. The predicted octanol–water partition coefficient (Wildman–Crippen LogP) is 3.37. The van der Waals surface area contributed by atoms with Crippen LogP contribution in [-0.2, 0) is 4.79 Å². The van der Waals surface area contributed by atoms with Gasteiger partial charge in [0.1, 0.15) is 0 Å². The number of halogens is 1. The minimum Gasteiger partial charge on any atom is -0.399 e. The summed E-state index contributed by atoms with van der Waals surface area (Å²) in [5.41, 5.74) is 6.85. The van der Waals surface area contributed by atoms with Crippen LogP contribution >= 0.6 is 11.6 Å². The van der Waals surface area contributed by atoms with Crippen molar-refractivity contribution in [1.29, 1.82) is 0 Å². The first-order valence-electron chi connectivity index (χ1n) is 7.65. The Bertz CT molecular complexity index is 492. The molecule has 2 rings (SSSR count). The number of likely N-dealkylation sites (tertiary alicyclic amines) is 1. The number of benzene rings is 1. The second-order valence-electron chi connectivity index (χ2n) is 5.78. The van der Waals surface area contributed by atoms with Gasteiger partial charge in [0.25, 0.3) is 0 Å². The Kier molecular flexibility index (Phi) is 5.88. The van der Waals surface area contributed by atoms with Gasteiger partial charge in [0.15, 0.2) is 0 Å². The number of nitrogens with zero attached hydrogens (tertiary/aromatic N) is 1. The molecular weight excluding hydrogens is 286 g/mol. The number of nitrogens with one attached hydrogen (secondary N) is 1. The molecule has 1 amide bonds. The van der Waals surface area contributed by atoms with Gasteiger partial charge in [0, 0.05) is 25.2 Å². The van der Waals surface area contributed by atoms with Crippen LogP contribution in [0.15, 0.2) is 18.2 Å². The van der Waals surface area contributed by atoms with Crippen molar-refractivity contribution < 1.29 is 4.79 Å². The molecule has 0 saturated carbocycles. The van der Waals surface area contributed by atoms with E-state index >= 15 is 0 Å². The molecule has 0 bridgehead atoms. The molecule has 1 unspecified atom stereocenters. The van der Waals surface area contributed by atoms with Crippen LogP contribution in [0.2, 0.25) is 5.02 Å². The lowest BCUT2D eigenvalue weighted by Gasteiger charge is -2.15. The van der Waals surface area contributed by atoms with Crippen molar-refractivity contribution in [1.82, 2.24) is 4.90 Å². The minimum absolute atomic E-state index is 0.000568. The third-order valence-corrected chi connectivity index (χ3v) is 4.30. The Labute approximate surface area is 131 Å². The molecule has 0 aromatic heterocycles. The van der Waals surface area contributed by atoms with Crippen LogP contribution in [0.1, 0.15) is 32.6 Å². The third kappa shape index (κ3) is 4.90. The Hall–Kier alpha value is -1.26. The molecule has 1 aromatic carbocycles. The van der Waals surface area contributed by atoms with E-state index in [-0.39, 0.29) is 5.91 Å². The quantitative estimate of drug-likeness (QED) is 0.792. The van der Waals surface area contributed by atoms with Gasteiger partial charge in [-0.25, -0.2) is 0 Å². The fraction of sp³-hybridized carbons (Fsp3) is 0.562. The largest absolute Gasteiger partial charge is 0.399 e. The number of nitrogen functional groups attached to an aromatic ring is 1. The van der Waals surface area contributed by atoms with Crippen LogP contribution in [0.25, 0.3) is 0 Å². The second-order valence-corrected chi connectivity index (χ2v) is 6.19. The Balaban J connectivity index is 1.75. The predicted molar refractivity (Wildman–Crippen MR) is 88.6 cm³/mol. The summed E-state index contributed by atoms with van der Waals surface area (Å²) < 4.78 is 0. The highest BCUT2D eigenvalue weighted by Gasteiger charge is 2.21. The SMILES string of the molecule is CCCC1CCN(CCC(=O)Nc2ccc(N)cc2Cl)C1. The number of nitrogens with two attached hydrogens (primary N) is 1. The van der Waals surface area contributed by atoms with Crippen LogP contribution in [0, 0.1) is 5.92 Å². The number of anilines is 2. The second kappa shape index (κ2) is 7.66. The third-order valence-electron chi connectivity index (χ3n) is 3.99. The molecule has 116 valence electrons. The van der Waals surface area contributed by atoms with E-state index in [0.717, 1.165) is 25.6 Å². The number of amides is 1. The van der Waals surface area contributed by atoms with E-state index in [1.807, 2.05) is 0 Å². The maximum absolute atomic E-state index is 12.0. The molecular formula is C16H24ClN3O. The Morgan fingerprint density at radius 1 is 1.52 bits per heavy atom. The van der Waals surface area contributed by atoms with Crippen LogP contribution in [0.4, 0.5) is 11.4 Å². The van der Waals surface area contributed by atoms with Crippen molar-refractivity contribution in [2.75, 3.05) is 30.7 Å². The first kappa shape index (κ1) is 16.1. The fourth-order valence-corrected chi connectivity index (χ4v) is 3.10. The van der Waals surface area contributed by atoms with Gasteiger partial charge in [-0.15, -0.1) is 0 Å². The number of hydrogen-bond acceptors (Lipinski definition) is 3. The van der Waals surface area contributed by atoms with Gasteiger partial charge >= 0.3 is 0 Å². The maximum Gasteiger partial charge on any atom is 0.225 e. The number of carbonyl (C=O) groups is 1. The van der Waals surface area contributed by atoms with E-state index in [0.29, 0.717) is 22.8 Å². The van der Waals surface area contributed by atoms with Gasteiger partial charge in [0.05, 0.1) is 10.7 Å². The summed E-state index contributed by atoms with van der Waals surface area (Å²) in [5, 5.41) is 3.32. The normalized spacial score (nSPS) is 18.9. The zero-order chi connectivity index (χ0) is 15.2. The zero-order valence-corrected chi connectivity index (χ0v) is 13.3.